The Morgan fingerprint density at radius 1 is 1.06 bits per heavy atom. The summed E-state index contributed by atoms with van der Waals surface area (Å²) in [7, 11) is 0. The van der Waals surface area contributed by atoms with Crippen molar-refractivity contribution in [3.8, 4) is 11.6 Å². The lowest BCUT2D eigenvalue weighted by molar-refractivity contribution is 0.281. The summed E-state index contributed by atoms with van der Waals surface area (Å²) in [6.07, 6.45) is 2.62. The SMILES string of the molecule is CCc1ccc(Oc2ccc(CO)cn2)cc1. The first-order valence-electron chi connectivity index (χ1n) is 5.64. The molecule has 3 nitrogen and oxygen atoms in total. The van der Waals surface area contributed by atoms with Crippen molar-refractivity contribution in [3.63, 3.8) is 0 Å². The van der Waals surface area contributed by atoms with Gasteiger partial charge >= 0.3 is 0 Å². The molecule has 1 N–H and O–H groups in total. The molecule has 0 fully saturated rings. The highest BCUT2D eigenvalue weighted by Gasteiger charge is 1.99. The third-order valence-electron chi connectivity index (χ3n) is 2.53. The number of aliphatic hydroxyl groups is 1. The number of aromatic nitrogens is 1. The molecule has 0 saturated carbocycles. The number of aliphatic hydroxyl groups excluding tert-OH is 1. The maximum Gasteiger partial charge on any atom is 0.219 e. The average molecular weight is 229 g/mol. The number of rotatable bonds is 4. The predicted molar refractivity (Wildman–Crippen MR) is 66.1 cm³/mol. The Balaban J connectivity index is 2.08. The van der Waals surface area contributed by atoms with Crippen molar-refractivity contribution in [3.05, 3.63) is 53.7 Å². The van der Waals surface area contributed by atoms with Gasteiger partial charge in [0.2, 0.25) is 5.88 Å². The Morgan fingerprint density at radius 2 is 1.76 bits per heavy atom. The van der Waals surface area contributed by atoms with Crippen LogP contribution in [-0.4, -0.2) is 10.1 Å². The van der Waals surface area contributed by atoms with Crippen LogP contribution in [0.2, 0.25) is 0 Å². The van der Waals surface area contributed by atoms with Crippen LogP contribution in [0.1, 0.15) is 18.1 Å². The molecule has 1 aromatic heterocycles. The van der Waals surface area contributed by atoms with Gasteiger partial charge in [0.15, 0.2) is 0 Å². The molecule has 0 amide bonds. The topological polar surface area (TPSA) is 42.4 Å². The van der Waals surface area contributed by atoms with Crippen LogP contribution >= 0.6 is 0 Å². The summed E-state index contributed by atoms with van der Waals surface area (Å²) in [5.41, 5.74) is 2.06. The molecule has 0 bridgehead atoms. The van der Waals surface area contributed by atoms with Gasteiger partial charge in [-0.15, -0.1) is 0 Å². The fourth-order valence-electron chi connectivity index (χ4n) is 1.48. The summed E-state index contributed by atoms with van der Waals surface area (Å²) in [6, 6.07) is 11.5. The maximum absolute atomic E-state index is 8.90. The zero-order valence-corrected chi connectivity index (χ0v) is 9.76. The van der Waals surface area contributed by atoms with Crippen molar-refractivity contribution in [2.75, 3.05) is 0 Å². The fourth-order valence-corrected chi connectivity index (χ4v) is 1.48. The summed E-state index contributed by atoms with van der Waals surface area (Å²) in [5, 5.41) is 8.90. The van der Waals surface area contributed by atoms with Crippen LogP contribution in [-0.2, 0) is 13.0 Å². The van der Waals surface area contributed by atoms with Crippen molar-refractivity contribution in [1.29, 1.82) is 0 Å². The predicted octanol–water partition coefficient (Wildman–Crippen LogP) is 2.93. The Labute approximate surface area is 101 Å². The smallest absolute Gasteiger partial charge is 0.219 e. The molecule has 88 valence electrons. The molecule has 17 heavy (non-hydrogen) atoms. The molecule has 0 aliphatic heterocycles. The molecule has 3 heteroatoms. The second-order valence-corrected chi connectivity index (χ2v) is 3.76. The highest BCUT2D eigenvalue weighted by Crippen LogP contribution is 2.19. The van der Waals surface area contributed by atoms with Gasteiger partial charge in [0.05, 0.1) is 6.61 Å². The lowest BCUT2D eigenvalue weighted by atomic mass is 10.2. The van der Waals surface area contributed by atoms with Gasteiger partial charge in [-0.05, 0) is 35.7 Å². The molecule has 0 aliphatic carbocycles. The molecule has 2 aromatic rings. The summed E-state index contributed by atoms with van der Waals surface area (Å²) >= 11 is 0. The van der Waals surface area contributed by atoms with E-state index in [1.54, 1.807) is 18.3 Å². The van der Waals surface area contributed by atoms with Crippen LogP contribution in [0.3, 0.4) is 0 Å². The van der Waals surface area contributed by atoms with Crippen molar-refractivity contribution < 1.29 is 9.84 Å². The largest absolute Gasteiger partial charge is 0.439 e. The summed E-state index contributed by atoms with van der Waals surface area (Å²) < 4.78 is 5.58. The van der Waals surface area contributed by atoms with Gasteiger partial charge in [-0.2, -0.15) is 0 Å². The molecule has 1 heterocycles. The Morgan fingerprint density at radius 3 is 2.29 bits per heavy atom. The van der Waals surface area contributed by atoms with Gasteiger partial charge in [0, 0.05) is 12.3 Å². The van der Waals surface area contributed by atoms with E-state index in [2.05, 4.69) is 11.9 Å². The highest BCUT2D eigenvalue weighted by molar-refractivity contribution is 5.30. The van der Waals surface area contributed by atoms with Gasteiger partial charge in [0.1, 0.15) is 5.75 Å². The van der Waals surface area contributed by atoms with Crippen molar-refractivity contribution in [1.82, 2.24) is 4.98 Å². The van der Waals surface area contributed by atoms with E-state index in [0.717, 1.165) is 17.7 Å². The number of ether oxygens (including phenoxy) is 1. The lowest BCUT2D eigenvalue weighted by Crippen LogP contribution is -1.90. The minimum atomic E-state index is -0.00151. The molecule has 0 radical (unpaired) electrons. The molecule has 0 unspecified atom stereocenters. The van der Waals surface area contributed by atoms with Crippen molar-refractivity contribution in [2.24, 2.45) is 0 Å². The quantitative estimate of drug-likeness (QED) is 0.876. The Bertz CT molecular complexity index is 417. The Hall–Kier alpha value is -1.87. The molecule has 0 spiro atoms. The third kappa shape index (κ3) is 3.04. The van der Waals surface area contributed by atoms with Crippen LogP contribution in [0.5, 0.6) is 11.6 Å². The van der Waals surface area contributed by atoms with Gasteiger partial charge in [-0.25, -0.2) is 4.98 Å². The van der Waals surface area contributed by atoms with Crippen LogP contribution < -0.4 is 4.74 Å². The normalized spacial score (nSPS) is 10.2. The van der Waals surface area contributed by atoms with Crippen LogP contribution in [0.4, 0.5) is 0 Å². The maximum atomic E-state index is 8.90. The first-order chi connectivity index (χ1) is 8.31. The summed E-state index contributed by atoms with van der Waals surface area (Å²) in [6.45, 7) is 2.11. The van der Waals surface area contributed by atoms with E-state index < -0.39 is 0 Å². The van der Waals surface area contributed by atoms with Crippen molar-refractivity contribution in [2.45, 2.75) is 20.0 Å². The molecule has 0 aliphatic rings. The zero-order chi connectivity index (χ0) is 12.1. The number of aryl methyl sites for hydroxylation is 1. The van der Waals surface area contributed by atoms with Gasteiger partial charge in [0.25, 0.3) is 0 Å². The number of nitrogens with zero attached hydrogens (tertiary/aromatic N) is 1. The van der Waals surface area contributed by atoms with Crippen molar-refractivity contribution >= 4 is 0 Å². The first kappa shape index (κ1) is 11.6. The fraction of sp³-hybridized carbons (Fsp3) is 0.214. The lowest BCUT2D eigenvalue weighted by Gasteiger charge is -2.05. The van der Waals surface area contributed by atoms with Gasteiger partial charge < -0.3 is 9.84 Å². The average Bonchev–Trinajstić information content (AvgIpc) is 2.40. The molecule has 0 saturated heterocycles. The summed E-state index contributed by atoms with van der Waals surface area (Å²) in [5.74, 6) is 1.30. The van der Waals surface area contributed by atoms with Crippen LogP contribution in [0, 0.1) is 0 Å². The van der Waals surface area contributed by atoms with E-state index in [1.807, 2.05) is 24.3 Å². The van der Waals surface area contributed by atoms with Gasteiger partial charge in [-0.3, -0.25) is 0 Å². The third-order valence-corrected chi connectivity index (χ3v) is 2.53. The van der Waals surface area contributed by atoms with E-state index in [4.69, 9.17) is 9.84 Å². The van der Waals surface area contributed by atoms with E-state index in [0.29, 0.717) is 5.88 Å². The molecule has 1 aromatic carbocycles. The number of benzene rings is 1. The number of hydrogen-bond donors (Lipinski definition) is 1. The minimum absolute atomic E-state index is 0.00151. The first-order valence-corrected chi connectivity index (χ1v) is 5.64. The second-order valence-electron chi connectivity index (χ2n) is 3.76. The highest BCUT2D eigenvalue weighted by atomic mass is 16.5. The molecule has 0 atom stereocenters. The molecular weight excluding hydrogens is 214 g/mol. The standard InChI is InChI=1S/C14H15NO2/c1-2-11-3-6-13(7-4-11)17-14-8-5-12(10-16)9-15-14/h3-9,16H,2,10H2,1H3. The zero-order valence-electron chi connectivity index (χ0n) is 9.76. The minimum Gasteiger partial charge on any atom is -0.439 e. The monoisotopic (exact) mass is 229 g/mol. The van der Waals surface area contributed by atoms with E-state index in [-0.39, 0.29) is 6.61 Å². The van der Waals surface area contributed by atoms with E-state index in [9.17, 15) is 0 Å². The number of pyridine rings is 1. The van der Waals surface area contributed by atoms with Crippen LogP contribution in [0.15, 0.2) is 42.6 Å². The van der Waals surface area contributed by atoms with E-state index in [1.165, 1.54) is 5.56 Å². The molecular formula is C14H15NO2. The van der Waals surface area contributed by atoms with Gasteiger partial charge in [-0.1, -0.05) is 19.1 Å². The second kappa shape index (κ2) is 5.46. The summed E-state index contributed by atoms with van der Waals surface area (Å²) in [4.78, 5) is 4.11. The van der Waals surface area contributed by atoms with E-state index >= 15 is 0 Å². The van der Waals surface area contributed by atoms with Crippen LogP contribution in [0.25, 0.3) is 0 Å². The number of hydrogen-bond acceptors (Lipinski definition) is 3. The molecule has 2 rings (SSSR count). The Kier molecular flexibility index (Phi) is 3.73.